The molecule has 1 aromatic carbocycles. The molecule has 0 saturated carbocycles. The minimum absolute atomic E-state index is 0.0318. The standard InChI is InChI=1S/C13H15BrF2N4/c1-2-5-17-11(13-18-7-19-20-13)6-8-10(15)4-3-9(14)12(8)16/h3-4,7,11,17H,2,5-6H2,1H3,(H,18,19,20). The molecular formula is C13H15BrF2N4. The van der Waals surface area contributed by atoms with Gasteiger partial charge in [-0.05, 0) is 41.0 Å². The van der Waals surface area contributed by atoms with Gasteiger partial charge < -0.3 is 5.32 Å². The number of hydrogen-bond acceptors (Lipinski definition) is 3. The summed E-state index contributed by atoms with van der Waals surface area (Å²) in [7, 11) is 0. The SMILES string of the molecule is CCCNC(Cc1c(F)ccc(Br)c1F)c1ncn[nH]1. The number of nitrogens with one attached hydrogen (secondary N) is 2. The number of aromatic nitrogens is 3. The van der Waals surface area contributed by atoms with Crippen molar-refractivity contribution in [1.29, 1.82) is 0 Å². The molecule has 20 heavy (non-hydrogen) atoms. The summed E-state index contributed by atoms with van der Waals surface area (Å²) in [4.78, 5) is 4.06. The molecule has 1 aromatic heterocycles. The highest BCUT2D eigenvalue weighted by atomic mass is 79.9. The molecular weight excluding hydrogens is 330 g/mol. The number of aromatic amines is 1. The monoisotopic (exact) mass is 344 g/mol. The van der Waals surface area contributed by atoms with E-state index in [1.165, 1.54) is 18.5 Å². The lowest BCUT2D eigenvalue weighted by Gasteiger charge is -2.17. The largest absolute Gasteiger partial charge is 0.307 e. The summed E-state index contributed by atoms with van der Waals surface area (Å²) < 4.78 is 28.1. The lowest BCUT2D eigenvalue weighted by Crippen LogP contribution is -2.26. The zero-order valence-electron chi connectivity index (χ0n) is 11.0. The molecule has 0 bridgehead atoms. The van der Waals surface area contributed by atoms with Crippen LogP contribution >= 0.6 is 15.9 Å². The Labute approximate surface area is 124 Å². The first-order valence-corrected chi connectivity index (χ1v) is 7.13. The zero-order chi connectivity index (χ0) is 14.5. The van der Waals surface area contributed by atoms with E-state index < -0.39 is 11.6 Å². The zero-order valence-corrected chi connectivity index (χ0v) is 12.5. The molecule has 0 radical (unpaired) electrons. The fourth-order valence-electron chi connectivity index (χ4n) is 1.93. The van der Waals surface area contributed by atoms with Crippen molar-refractivity contribution in [2.24, 2.45) is 0 Å². The van der Waals surface area contributed by atoms with Gasteiger partial charge >= 0.3 is 0 Å². The molecule has 1 unspecified atom stereocenters. The van der Waals surface area contributed by atoms with E-state index in [4.69, 9.17) is 0 Å². The Morgan fingerprint density at radius 1 is 1.40 bits per heavy atom. The van der Waals surface area contributed by atoms with Crippen molar-refractivity contribution in [2.75, 3.05) is 6.54 Å². The lowest BCUT2D eigenvalue weighted by atomic mass is 10.0. The van der Waals surface area contributed by atoms with Crippen LogP contribution in [0.1, 0.15) is 30.8 Å². The molecule has 7 heteroatoms. The van der Waals surface area contributed by atoms with E-state index in [0.29, 0.717) is 5.82 Å². The number of hydrogen-bond donors (Lipinski definition) is 2. The van der Waals surface area contributed by atoms with Gasteiger partial charge in [-0.15, -0.1) is 0 Å². The van der Waals surface area contributed by atoms with Gasteiger partial charge in [0.25, 0.3) is 0 Å². The van der Waals surface area contributed by atoms with Crippen LogP contribution in [0, 0.1) is 11.6 Å². The summed E-state index contributed by atoms with van der Waals surface area (Å²) in [5.74, 6) is -0.571. The number of rotatable bonds is 6. The summed E-state index contributed by atoms with van der Waals surface area (Å²) in [5, 5.41) is 9.73. The highest BCUT2D eigenvalue weighted by Gasteiger charge is 2.20. The van der Waals surface area contributed by atoms with Gasteiger partial charge in [-0.25, -0.2) is 13.8 Å². The van der Waals surface area contributed by atoms with Crippen molar-refractivity contribution in [3.05, 3.63) is 46.0 Å². The maximum Gasteiger partial charge on any atom is 0.143 e. The van der Waals surface area contributed by atoms with Gasteiger partial charge in [0.1, 0.15) is 23.8 Å². The van der Waals surface area contributed by atoms with Crippen LogP contribution in [-0.2, 0) is 6.42 Å². The predicted molar refractivity (Wildman–Crippen MR) is 75.2 cm³/mol. The van der Waals surface area contributed by atoms with Gasteiger partial charge in [-0.1, -0.05) is 6.92 Å². The summed E-state index contributed by atoms with van der Waals surface area (Å²) in [6, 6.07) is 2.30. The fraction of sp³-hybridized carbons (Fsp3) is 0.385. The van der Waals surface area contributed by atoms with E-state index in [9.17, 15) is 8.78 Å². The third-order valence-corrected chi connectivity index (χ3v) is 3.56. The molecule has 1 heterocycles. The highest BCUT2D eigenvalue weighted by Crippen LogP contribution is 2.25. The third kappa shape index (κ3) is 3.40. The summed E-state index contributed by atoms with van der Waals surface area (Å²) in [6.07, 6.45) is 2.45. The molecule has 0 amide bonds. The van der Waals surface area contributed by atoms with Gasteiger partial charge in [-0.2, -0.15) is 5.10 Å². The van der Waals surface area contributed by atoms with Crippen molar-refractivity contribution >= 4 is 15.9 Å². The molecule has 0 aliphatic rings. The maximum absolute atomic E-state index is 14.0. The van der Waals surface area contributed by atoms with Crippen molar-refractivity contribution < 1.29 is 8.78 Å². The Bertz CT molecular complexity index is 560. The van der Waals surface area contributed by atoms with Gasteiger partial charge in [0.05, 0.1) is 10.5 Å². The van der Waals surface area contributed by atoms with Crippen LogP contribution in [0.15, 0.2) is 22.9 Å². The average molecular weight is 345 g/mol. The molecule has 0 spiro atoms. The average Bonchev–Trinajstić information content (AvgIpc) is 2.96. The first-order chi connectivity index (χ1) is 9.63. The molecule has 0 aliphatic heterocycles. The van der Waals surface area contributed by atoms with Crippen LogP contribution in [0.4, 0.5) is 8.78 Å². The van der Waals surface area contributed by atoms with E-state index in [0.717, 1.165) is 13.0 Å². The number of halogens is 3. The first kappa shape index (κ1) is 15.1. The second kappa shape index (κ2) is 6.90. The van der Waals surface area contributed by atoms with Gasteiger partial charge in [0.15, 0.2) is 0 Å². The molecule has 0 fully saturated rings. The van der Waals surface area contributed by atoms with E-state index in [-0.39, 0.29) is 22.5 Å². The second-order valence-electron chi connectivity index (χ2n) is 4.40. The minimum Gasteiger partial charge on any atom is -0.307 e. The molecule has 1 atom stereocenters. The van der Waals surface area contributed by atoms with E-state index in [1.54, 1.807) is 0 Å². The Morgan fingerprint density at radius 2 is 2.20 bits per heavy atom. The van der Waals surface area contributed by atoms with Crippen LogP contribution in [0.3, 0.4) is 0 Å². The number of benzene rings is 1. The summed E-state index contributed by atoms with van der Waals surface area (Å²) >= 11 is 3.07. The number of nitrogens with zero attached hydrogens (tertiary/aromatic N) is 2. The van der Waals surface area contributed by atoms with Crippen LogP contribution in [-0.4, -0.2) is 21.7 Å². The van der Waals surface area contributed by atoms with Crippen molar-refractivity contribution in [2.45, 2.75) is 25.8 Å². The maximum atomic E-state index is 14.0. The van der Waals surface area contributed by atoms with Crippen LogP contribution in [0.2, 0.25) is 0 Å². The molecule has 0 saturated heterocycles. The quantitative estimate of drug-likeness (QED) is 0.791. The number of H-pyrrole nitrogens is 1. The van der Waals surface area contributed by atoms with E-state index in [2.05, 4.69) is 36.4 Å². The summed E-state index contributed by atoms with van der Waals surface area (Å²) in [6.45, 7) is 2.74. The van der Waals surface area contributed by atoms with Crippen molar-refractivity contribution in [3.8, 4) is 0 Å². The fourth-order valence-corrected chi connectivity index (χ4v) is 2.30. The van der Waals surface area contributed by atoms with Crippen molar-refractivity contribution in [3.63, 3.8) is 0 Å². The molecule has 2 N–H and O–H groups in total. The normalized spacial score (nSPS) is 12.6. The molecule has 108 valence electrons. The minimum atomic E-state index is -0.576. The van der Waals surface area contributed by atoms with Gasteiger partial charge in [0.2, 0.25) is 0 Å². The second-order valence-corrected chi connectivity index (χ2v) is 5.26. The molecule has 0 aliphatic carbocycles. The van der Waals surface area contributed by atoms with Crippen LogP contribution in [0.25, 0.3) is 0 Å². The third-order valence-electron chi connectivity index (χ3n) is 2.95. The van der Waals surface area contributed by atoms with E-state index >= 15 is 0 Å². The Morgan fingerprint density at radius 3 is 2.85 bits per heavy atom. The first-order valence-electron chi connectivity index (χ1n) is 6.34. The Kier molecular flexibility index (Phi) is 5.19. The molecule has 4 nitrogen and oxygen atoms in total. The smallest absolute Gasteiger partial charge is 0.143 e. The van der Waals surface area contributed by atoms with Crippen molar-refractivity contribution in [1.82, 2.24) is 20.5 Å². The topological polar surface area (TPSA) is 53.6 Å². The summed E-state index contributed by atoms with van der Waals surface area (Å²) in [5.41, 5.74) is 0.0318. The lowest BCUT2D eigenvalue weighted by molar-refractivity contribution is 0.474. The van der Waals surface area contributed by atoms with Crippen LogP contribution < -0.4 is 5.32 Å². The molecule has 2 aromatic rings. The Hall–Kier alpha value is -1.34. The van der Waals surface area contributed by atoms with Gasteiger partial charge in [0, 0.05) is 12.0 Å². The predicted octanol–water partition coefficient (Wildman–Crippen LogP) is 3.13. The highest BCUT2D eigenvalue weighted by molar-refractivity contribution is 9.10. The van der Waals surface area contributed by atoms with E-state index in [1.807, 2.05) is 6.92 Å². The van der Waals surface area contributed by atoms with Crippen LogP contribution in [0.5, 0.6) is 0 Å². The Balaban J connectivity index is 2.26. The van der Waals surface area contributed by atoms with Gasteiger partial charge in [-0.3, -0.25) is 5.10 Å². The molecule has 2 rings (SSSR count).